The second kappa shape index (κ2) is 4.17. The van der Waals surface area contributed by atoms with E-state index in [2.05, 4.69) is 4.98 Å². The highest BCUT2D eigenvalue weighted by Gasteiger charge is 2.18. The Labute approximate surface area is 115 Å². The van der Waals surface area contributed by atoms with Crippen LogP contribution in [-0.2, 0) is 0 Å². The molecule has 0 atom stereocenters. The van der Waals surface area contributed by atoms with Crippen LogP contribution in [0.25, 0.3) is 34.7 Å². The average Bonchev–Trinajstić information content (AvgIpc) is 2.72. The molecule has 0 fully saturated rings. The van der Waals surface area contributed by atoms with Gasteiger partial charge in [0.25, 0.3) is 0 Å². The zero-order chi connectivity index (χ0) is 13.5. The van der Waals surface area contributed by atoms with E-state index in [1.54, 1.807) is 0 Å². The summed E-state index contributed by atoms with van der Waals surface area (Å²) in [7, 11) is 0. The molecule has 0 radical (unpaired) electrons. The minimum atomic E-state index is -0.0314. The Bertz CT molecular complexity index is 903. The van der Waals surface area contributed by atoms with Gasteiger partial charge in [0.15, 0.2) is 16.8 Å². The zero-order valence-corrected chi connectivity index (χ0v) is 10.7. The second-order valence-electron chi connectivity index (χ2n) is 4.77. The number of allylic oxidation sites excluding steroid dienone is 2. The van der Waals surface area contributed by atoms with E-state index < -0.39 is 0 Å². The molecule has 1 aromatic rings. The molecule has 4 rings (SSSR count). The first kappa shape index (κ1) is 11.2. The van der Waals surface area contributed by atoms with E-state index in [1.807, 2.05) is 48.6 Å². The molecule has 0 unspecified atom stereocenters. The van der Waals surface area contributed by atoms with Crippen LogP contribution in [0.5, 0.6) is 0 Å². The standard InChI is InChI=1S/C17H11NO2/c19-14-10-16-17(12-7-3-1-2-6-11(12)14)18-13-8-4-5-9-15(13)20-16/h2-10H,1H2. The molecule has 2 aliphatic carbocycles. The van der Waals surface area contributed by atoms with Crippen molar-refractivity contribution in [3.63, 3.8) is 0 Å². The van der Waals surface area contributed by atoms with Crippen molar-refractivity contribution in [1.82, 2.24) is 4.98 Å². The minimum absolute atomic E-state index is 0.0314. The van der Waals surface area contributed by atoms with Crippen LogP contribution in [0.4, 0.5) is 0 Å². The van der Waals surface area contributed by atoms with Gasteiger partial charge in [-0.25, -0.2) is 4.98 Å². The maximum absolute atomic E-state index is 12.2. The van der Waals surface area contributed by atoms with Gasteiger partial charge < -0.3 is 4.42 Å². The van der Waals surface area contributed by atoms with Crippen molar-refractivity contribution in [1.29, 1.82) is 0 Å². The fourth-order valence-corrected chi connectivity index (χ4v) is 2.52. The molecule has 20 heavy (non-hydrogen) atoms. The lowest BCUT2D eigenvalue weighted by atomic mass is 10.0. The number of benzene rings is 2. The van der Waals surface area contributed by atoms with Gasteiger partial charge in [-0.3, -0.25) is 4.79 Å². The lowest BCUT2D eigenvalue weighted by Crippen LogP contribution is -2.09. The lowest BCUT2D eigenvalue weighted by Gasteiger charge is -2.10. The van der Waals surface area contributed by atoms with E-state index in [1.165, 1.54) is 6.07 Å². The van der Waals surface area contributed by atoms with Crippen LogP contribution in [0.15, 0.2) is 51.7 Å². The van der Waals surface area contributed by atoms with Crippen LogP contribution in [0.1, 0.15) is 17.5 Å². The highest BCUT2D eigenvalue weighted by Crippen LogP contribution is 2.30. The van der Waals surface area contributed by atoms with Gasteiger partial charge in [-0.05, 0) is 18.6 Å². The Morgan fingerprint density at radius 3 is 2.75 bits per heavy atom. The van der Waals surface area contributed by atoms with Gasteiger partial charge in [0.2, 0.25) is 0 Å². The van der Waals surface area contributed by atoms with Crippen molar-refractivity contribution in [2.24, 2.45) is 0 Å². The number of aromatic nitrogens is 1. The molecule has 96 valence electrons. The van der Waals surface area contributed by atoms with Gasteiger partial charge in [0.1, 0.15) is 11.2 Å². The molecule has 3 nitrogen and oxygen atoms in total. The van der Waals surface area contributed by atoms with Crippen LogP contribution >= 0.6 is 0 Å². The lowest BCUT2D eigenvalue weighted by molar-refractivity contribution is 0.612. The fraction of sp³-hybridized carbons (Fsp3) is 0.0588. The number of fused-ring (bicyclic) bond motifs is 4. The molecule has 1 heterocycles. The van der Waals surface area contributed by atoms with Gasteiger partial charge in [-0.2, -0.15) is 0 Å². The third-order valence-electron chi connectivity index (χ3n) is 3.46. The predicted octanol–water partition coefficient (Wildman–Crippen LogP) is 3.72. The molecule has 0 amide bonds. The number of para-hydroxylation sites is 2. The van der Waals surface area contributed by atoms with Crippen molar-refractivity contribution in [3.05, 3.63) is 63.8 Å². The fourth-order valence-electron chi connectivity index (χ4n) is 2.52. The second-order valence-corrected chi connectivity index (χ2v) is 4.77. The summed E-state index contributed by atoms with van der Waals surface area (Å²) >= 11 is 0. The van der Waals surface area contributed by atoms with E-state index in [4.69, 9.17) is 4.42 Å². The van der Waals surface area contributed by atoms with Crippen LogP contribution in [0, 0.1) is 0 Å². The number of nitrogens with zero attached hydrogens (tertiary/aromatic N) is 1. The summed E-state index contributed by atoms with van der Waals surface area (Å²) in [6.45, 7) is 0. The normalized spacial score (nSPS) is 13.6. The van der Waals surface area contributed by atoms with Gasteiger partial charge in [0, 0.05) is 17.2 Å². The molecule has 1 aliphatic heterocycles. The first-order valence-corrected chi connectivity index (χ1v) is 6.52. The molecular weight excluding hydrogens is 250 g/mol. The van der Waals surface area contributed by atoms with E-state index in [-0.39, 0.29) is 5.43 Å². The van der Waals surface area contributed by atoms with E-state index in [0.717, 1.165) is 23.2 Å². The maximum Gasteiger partial charge on any atom is 0.190 e. The van der Waals surface area contributed by atoms with Crippen molar-refractivity contribution < 1.29 is 4.42 Å². The summed E-state index contributed by atoms with van der Waals surface area (Å²) in [5.74, 6) is 0.535. The quantitative estimate of drug-likeness (QED) is 0.579. The first-order chi connectivity index (χ1) is 9.83. The minimum Gasteiger partial charge on any atom is -0.453 e. The highest BCUT2D eigenvalue weighted by atomic mass is 16.3. The predicted molar refractivity (Wildman–Crippen MR) is 79.6 cm³/mol. The Hall–Kier alpha value is -2.68. The molecular formula is C17H11NO2. The highest BCUT2D eigenvalue weighted by molar-refractivity contribution is 5.83. The average molecular weight is 261 g/mol. The third-order valence-corrected chi connectivity index (χ3v) is 3.46. The van der Waals surface area contributed by atoms with Crippen LogP contribution in [0.3, 0.4) is 0 Å². The van der Waals surface area contributed by atoms with Gasteiger partial charge >= 0.3 is 0 Å². The smallest absolute Gasteiger partial charge is 0.190 e. The molecule has 3 aliphatic rings. The number of rotatable bonds is 0. The van der Waals surface area contributed by atoms with E-state index in [0.29, 0.717) is 16.9 Å². The Kier molecular flexibility index (Phi) is 2.33. The summed E-state index contributed by atoms with van der Waals surface area (Å²) in [6, 6.07) is 9.10. The number of hydrogen-bond acceptors (Lipinski definition) is 3. The molecule has 0 aromatic heterocycles. The summed E-state index contributed by atoms with van der Waals surface area (Å²) in [6.07, 6.45) is 8.65. The largest absolute Gasteiger partial charge is 0.453 e. The van der Waals surface area contributed by atoms with Crippen LogP contribution < -0.4 is 5.43 Å². The van der Waals surface area contributed by atoms with Gasteiger partial charge in [0.05, 0.1) is 0 Å². The first-order valence-electron chi connectivity index (χ1n) is 6.52. The van der Waals surface area contributed by atoms with Crippen LogP contribution in [-0.4, -0.2) is 4.98 Å². The zero-order valence-electron chi connectivity index (χ0n) is 10.7. The molecule has 0 saturated carbocycles. The SMILES string of the molecule is O=c1cc2oc3ccccc3nc-2c2c1C=CCC=C2. The Morgan fingerprint density at radius 2 is 1.85 bits per heavy atom. The van der Waals surface area contributed by atoms with Crippen molar-refractivity contribution in [2.75, 3.05) is 0 Å². The molecule has 1 aromatic carbocycles. The summed E-state index contributed by atoms with van der Waals surface area (Å²) in [5.41, 5.74) is 3.71. The van der Waals surface area contributed by atoms with E-state index >= 15 is 0 Å². The molecule has 0 saturated heterocycles. The topological polar surface area (TPSA) is 43.1 Å². The van der Waals surface area contributed by atoms with Crippen molar-refractivity contribution in [2.45, 2.75) is 6.42 Å². The molecule has 0 N–H and O–H groups in total. The summed E-state index contributed by atoms with van der Waals surface area (Å²) in [4.78, 5) is 16.8. The third kappa shape index (κ3) is 1.60. The monoisotopic (exact) mass is 261 g/mol. The van der Waals surface area contributed by atoms with Crippen LogP contribution in [0.2, 0.25) is 0 Å². The summed E-state index contributed by atoms with van der Waals surface area (Å²) < 4.78 is 5.81. The molecule has 3 heteroatoms. The maximum atomic E-state index is 12.2. The summed E-state index contributed by atoms with van der Waals surface area (Å²) in [5, 5.41) is 0. The van der Waals surface area contributed by atoms with Gasteiger partial charge in [-0.1, -0.05) is 36.4 Å². The van der Waals surface area contributed by atoms with Crippen molar-refractivity contribution >= 4 is 23.3 Å². The molecule has 0 bridgehead atoms. The Balaban J connectivity index is 2.19. The van der Waals surface area contributed by atoms with Gasteiger partial charge in [-0.15, -0.1) is 0 Å². The van der Waals surface area contributed by atoms with E-state index in [9.17, 15) is 4.79 Å². The Morgan fingerprint density at radius 1 is 1.05 bits per heavy atom. The number of hydrogen-bond donors (Lipinski definition) is 0. The molecule has 0 spiro atoms. The van der Waals surface area contributed by atoms with Crippen molar-refractivity contribution in [3.8, 4) is 11.5 Å².